The maximum absolute atomic E-state index is 12.7. The van der Waals surface area contributed by atoms with Crippen LogP contribution in [-0.4, -0.2) is 32.8 Å². The van der Waals surface area contributed by atoms with Gasteiger partial charge in [-0.25, -0.2) is 14.6 Å². The first-order valence-corrected chi connectivity index (χ1v) is 7.00. The van der Waals surface area contributed by atoms with E-state index in [1.54, 1.807) is 4.90 Å². The zero-order valence-electron chi connectivity index (χ0n) is 12.2. The normalized spacial score (nSPS) is 15.0. The van der Waals surface area contributed by atoms with Gasteiger partial charge in [0.25, 0.3) is 5.56 Å². The fourth-order valence-electron chi connectivity index (χ4n) is 2.39. The number of aromatic nitrogens is 4. The van der Waals surface area contributed by atoms with E-state index in [1.165, 1.54) is 12.3 Å². The van der Waals surface area contributed by atoms with Crippen molar-refractivity contribution in [3.63, 3.8) is 0 Å². The summed E-state index contributed by atoms with van der Waals surface area (Å²) in [6.45, 7) is 1.02. The van der Waals surface area contributed by atoms with Gasteiger partial charge in [-0.05, 0) is 12.1 Å². The molecule has 1 aliphatic rings. The molecule has 3 heterocycles. The predicted molar refractivity (Wildman–Crippen MR) is 75.9 cm³/mol. The molecule has 7 nitrogen and oxygen atoms in total. The van der Waals surface area contributed by atoms with Crippen LogP contribution in [0.2, 0.25) is 0 Å². The molecular formula is C14H11F3N6O. The van der Waals surface area contributed by atoms with E-state index in [0.29, 0.717) is 25.1 Å². The molecule has 1 saturated heterocycles. The first-order chi connectivity index (χ1) is 11.4. The van der Waals surface area contributed by atoms with E-state index in [-0.39, 0.29) is 18.2 Å². The van der Waals surface area contributed by atoms with Crippen molar-refractivity contribution >= 4 is 5.95 Å². The van der Waals surface area contributed by atoms with Crippen molar-refractivity contribution in [3.8, 4) is 6.07 Å². The Hall–Kier alpha value is -2.96. The van der Waals surface area contributed by atoms with Crippen LogP contribution in [-0.2, 0) is 12.7 Å². The van der Waals surface area contributed by atoms with Gasteiger partial charge >= 0.3 is 6.18 Å². The summed E-state index contributed by atoms with van der Waals surface area (Å²) in [6.07, 6.45) is -3.13. The quantitative estimate of drug-likeness (QED) is 0.833. The van der Waals surface area contributed by atoms with Crippen molar-refractivity contribution in [2.45, 2.75) is 12.7 Å². The summed E-state index contributed by atoms with van der Waals surface area (Å²) >= 11 is 0. The van der Waals surface area contributed by atoms with Gasteiger partial charge < -0.3 is 4.90 Å². The smallest absolute Gasteiger partial charge is 0.340 e. The number of hydrogen-bond donors (Lipinski definition) is 0. The fourth-order valence-corrected chi connectivity index (χ4v) is 2.39. The highest BCUT2D eigenvalue weighted by Gasteiger charge is 2.34. The monoisotopic (exact) mass is 336 g/mol. The molecule has 2 aromatic heterocycles. The molecular weight excluding hydrogens is 325 g/mol. The van der Waals surface area contributed by atoms with Gasteiger partial charge in [-0.15, -0.1) is 0 Å². The van der Waals surface area contributed by atoms with E-state index in [1.807, 2.05) is 6.07 Å². The Bertz CT molecular complexity index is 851. The molecule has 0 aromatic carbocycles. The van der Waals surface area contributed by atoms with Crippen molar-refractivity contribution < 1.29 is 13.2 Å². The maximum Gasteiger partial charge on any atom is 0.435 e. The molecule has 2 aromatic rings. The molecule has 124 valence electrons. The molecule has 0 aliphatic carbocycles. The number of halogens is 3. The van der Waals surface area contributed by atoms with E-state index >= 15 is 0 Å². The topological polar surface area (TPSA) is 87.7 Å². The lowest BCUT2D eigenvalue weighted by atomic mass is 10.0. The minimum Gasteiger partial charge on any atom is -0.340 e. The van der Waals surface area contributed by atoms with Crippen LogP contribution in [0.15, 0.2) is 29.2 Å². The summed E-state index contributed by atoms with van der Waals surface area (Å²) in [4.78, 5) is 21.5. The van der Waals surface area contributed by atoms with Crippen molar-refractivity contribution in [2.24, 2.45) is 5.92 Å². The highest BCUT2D eigenvalue weighted by atomic mass is 19.4. The highest BCUT2D eigenvalue weighted by molar-refractivity contribution is 5.36. The van der Waals surface area contributed by atoms with Crippen molar-refractivity contribution in [3.05, 3.63) is 46.1 Å². The van der Waals surface area contributed by atoms with Gasteiger partial charge in [-0.3, -0.25) is 4.79 Å². The van der Waals surface area contributed by atoms with Gasteiger partial charge in [-0.1, -0.05) is 0 Å². The Morgan fingerprint density at radius 2 is 2.04 bits per heavy atom. The molecule has 24 heavy (non-hydrogen) atoms. The molecule has 3 rings (SSSR count). The lowest BCUT2D eigenvalue weighted by Crippen LogP contribution is -2.50. The van der Waals surface area contributed by atoms with E-state index < -0.39 is 17.4 Å². The third kappa shape index (κ3) is 3.19. The second kappa shape index (κ2) is 5.92. The Labute approximate surface area is 134 Å². The van der Waals surface area contributed by atoms with Crippen molar-refractivity contribution in [1.82, 2.24) is 19.7 Å². The second-order valence-corrected chi connectivity index (χ2v) is 5.36. The van der Waals surface area contributed by atoms with Gasteiger partial charge in [-0.2, -0.15) is 23.5 Å². The standard InChI is InChI=1S/C14H11F3N6O/c15-14(16,17)11-1-2-12(24)23(21-11)8-9-6-22(7-9)13-19-4-3-10(5-18)20-13/h1-4,9H,6-8H2. The van der Waals surface area contributed by atoms with E-state index in [2.05, 4.69) is 15.1 Å². The van der Waals surface area contributed by atoms with Crippen molar-refractivity contribution in [1.29, 1.82) is 5.26 Å². The molecule has 0 amide bonds. The first-order valence-electron chi connectivity index (χ1n) is 7.00. The molecule has 1 aliphatic heterocycles. The van der Waals surface area contributed by atoms with Crippen LogP contribution in [0.25, 0.3) is 0 Å². The number of alkyl halides is 3. The number of rotatable bonds is 3. The van der Waals surface area contributed by atoms with Crippen molar-refractivity contribution in [2.75, 3.05) is 18.0 Å². The molecule has 1 fully saturated rings. The Morgan fingerprint density at radius 1 is 1.29 bits per heavy atom. The van der Waals surface area contributed by atoms with Crippen LogP contribution < -0.4 is 10.5 Å². The van der Waals surface area contributed by atoms with E-state index in [9.17, 15) is 18.0 Å². The minimum absolute atomic E-state index is 0.0481. The summed E-state index contributed by atoms with van der Waals surface area (Å²) in [6, 6.07) is 4.93. The van der Waals surface area contributed by atoms with Crippen LogP contribution in [0.3, 0.4) is 0 Å². The SMILES string of the molecule is N#Cc1ccnc(N2CC(Cn3nc(C(F)(F)F)ccc3=O)C2)n1. The summed E-state index contributed by atoms with van der Waals surface area (Å²) in [5, 5.41) is 12.2. The van der Waals surface area contributed by atoms with E-state index in [0.717, 1.165) is 10.7 Å². The van der Waals surface area contributed by atoms with Crippen LogP contribution in [0.4, 0.5) is 19.1 Å². The summed E-state index contributed by atoms with van der Waals surface area (Å²) in [7, 11) is 0. The molecule has 0 radical (unpaired) electrons. The molecule has 0 atom stereocenters. The van der Waals surface area contributed by atoms with Gasteiger partial charge in [0.2, 0.25) is 5.95 Å². The molecule has 0 N–H and O–H groups in total. The lowest BCUT2D eigenvalue weighted by Gasteiger charge is -2.39. The largest absolute Gasteiger partial charge is 0.435 e. The summed E-state index contributed by atoms with van der Waals surface area (Å²) in [5.74, 6) is 0.336. The van der Waals surface area contributed by atoms with Crippen LogP contribution in [0, 0.1) is 17.2 Å². The first kappa shape index (κ1) is 15.9. The predicted octanol–water partition coefficient (Wildman–Crippen LogP) is 1.06. The number of anilines is 1. The molecule has 10 heteroatoms. The zero-order valence-corrected chi connectivity index (χ0v) is 12.2. The zero-order chi connectivity index (χ0) is 17.3. The average molecular weight is 336 g/mol. The van der Waals surface area contributed by atoms with Crippen LogP contribution in [0.5, 0.6) is 0 Å². The van der Waals surface area contributed by atoms with Gasteiger partial charge in [0.05, 0.1) is 6.54 Å². The third-order valence-electron chi connectivity index (χ3n) is 3.59. The van der Waals surface area contributed by atoms with E-state index in [4.69, 9.17) is 5.26 Å². The maximum atomic E-state index is 12.7. The average Bonchev–Trinajstić information content (AvgIpc) is 2.51. The second-order valence-electron chi connectivity index (χ2n) is 5.36. The number of nitrogens with zero attached hydrogens (tertiary/aromatic N) is 6. The Morgan fingerprint density at radius 3 is 2.71 bits per heavy atom. The number of hydrogen-bond acceptors (Lipinski definition) is 6. The highest BCUT2D eigenvalue weighted by Crippen LogP contribution is 2.27. The minimum atomic E-state index is -4.59. The van der Waals surface area contributed by atoms with Crippen LogP contribution in [0.1, 0.15) is 11.4 Å². The lowest BCUT2D eigenvalue weighted by molar-refractivity contribution is -0.142. The Kier molecular flexibility index (Phi) is 3.92. The summed E-state index contributed by atoms with van der Waals surface area (Å²) in [5.41, 5.74) is -1.44. The number of nitriles is 1. The summed E-state index contributed by atoms with van der Waals surface area (Å²) < 4.78 is 38.8. The van der Waals surface area contributed by atoms with Gasteiger partial charge in [0.1, 0.15) is 11.8 Å². The Balaban J connectivity index is 1.67. The third-order valence-corrected chi connectivity index (χ3v) is 3.59. The fraction of sp³-hybridized carbons (Fsp3) is 0.357. The van der Waals surface area contributed by atoms with Crippen LogP contribution >= 0.6 is 0 Å². The molecule has 0 unspecified atom stereocenters. The van der Waals surface area contributed by atoms with Gasteiger partial charge in [0.15, 0.2) is 5.69 Å². The molecule has 0 spiro atoms. The molecule has 0 saturated carbocycles. The molecule has 0 bridgehead atoms. The van der Waals surface area contributed by atoms with Gasteiger partial charge in [0, 0.05) is 31.3 Å².